The minimum atomic E-state index is 0.452. The molecular weight excluding hydrogens is 330 g/mol. The van der Waals surface area contributed by atoms with Crippen molar-refractivity contribution < 1.29 is 4.74 Å². The summed E-state index contributed by atoms with van der Waals surface area (Å²) < 4.78 is 6.30. The number of pyridine rings is 1. The van der Waals surface area contributed by atoms with Crippen LogP contribution < -0.4 is 10.2 Å². The quantitative estimate of drug-likeness (QED) is 0.736. The summed E-state index contributed by atoms with van der Waals surface area (Å²) in [4.78, 5) is 7.04. The number of hydrogen-bond acceptors (Lipinski definition) is 4. The van der Waals surface area contributed by atoms with Crippen LogP contribution in [0, 0.1) is 0 Å². The molecule has 0 spiro atoms. The Morgan fingerprint density at radius 2 is 2.29 bits per heavy atom. The van der Waals surface area contributed by atoms with Crippen molar-refractivity contribution in [1.29, 1.82) is 0 Å². The Hall–Kier alpha value is -0.650. The predicted molar refractivity (Wildman–Crippen MR) is 90.8 cm³/mol. The van der Waals surface area contributed by atoms with Gasteiger partial charge in [0, 0.05) is 48.5 Å². The molecule has 0 amide bonds. The van der Waals surface area contributed by atoms with Crippen molar-refractivity contribution in [1.82, 2.24) is 10.3 Å². The number of anilines is 1. The van der Waals surface area contributed by atoms with Gasteiger partial charge in [-0.05, 0) is 48.2 Å². The van der Waals surface area contributed by atoms with E-state index in [9.17, 15) is 0 Å². The van der Waals surface area contributed by atoms with E-state index in [1.807, 2.05) is 6.20 Å². The van der Waals surface area contributed by atoms with Gasteiger partial charge < -0.3 is 15.0 Å². The van der Waals surface area contributed by atoms with Crippen molar-refractivity contribution in [3.05, 3.63) is 22.3 Å². The topological polar surface area (TPSA) is 37.4 Å². The van der Waals surface area contributed by atoms with Crippen LogP contribution >= 0.6 is 15.9 Å². The van der Waals surface area contributed by atoms with Crippen LogP contribution in [0.4, 0.5) is 5.82 Å². The summed E-state index contributed by atoms with van der Waals surface area (Å²) in [6.45, 7) is 6.93. The number of halogens is 1. The lowest BCUT2D eigenvalue weighted by molar-refractivity contribution is 0.203. The molecule has 1 saturated carbocycles. The van der Waals surface area contributed by atoms with Crippen LogP contribution in [0.25, 0.3) is 0 Å². The Morgan fingerprint density at radius 3 is 2.90 bits per heavy atom. The van der Waals surface area contributed by atoms with Crippen molar-refractivity contribution in [2.75, 3.05) is 25.2 Å². The first-order valence-corrected chi connectivity index (χ1v) is 8.58. The van der Waals surface area contributed by atoms with Crippen LogP contribution in [-0.2, 0) is 11.3 Å². The van der Waals surface area contributed by atoms with E-state index >= 15 is 0 Å². The number of rotatable bonds is 9. The number of aromatic nitrogens is 1. The minimum absolute atomic E-state index is 0.452. The molecule has 0 radical (unpaired) electrons. The van der Waals surface area contributed by atoms with E-state index in [1.165, 1.54) is 18.4 Å². The maximum Gasteiger partial charge on any atom is 0.133 e. The average molecular weight is 356 g/mol. The van der Waals surface area contributed by atoms with Gasteiger partial charge in [-0.3, -0.25) is 0 Å². The zero-order chi connectivity index (χ0) is 15.2. The summed E-state index contributed by atoms with van der Waals surface area (Å²) in [6, 6.07) is 3.33. The van der Waals surface area contributed by atoms with E-state index in [1.54, 1.807) is 7.11 Å². The van der Waals surface area contributed by atoms with Gasteiger partial charge in [-0.15, -0.1) is 0 Å². The van der Waals surface area contributed by atoms with Crippen molar-refractivity contribution in [3.63, 3.8) is 0 Å². The van der Waals surface area contributed by atoms with E-state index in [0.29, 0.717) is 12.1 Å². The lowest BCUT2D eigenvalue weighted by Gasteiger charge is -2.31. The summed E-state index contributed by atoms with van der Waals surface area (Å²) >= 11 is 3.54. The summed E-state index contributed by atoms with van der Waals surface area (Å²) in [5.74, 6) is 1.08. The van der Waals surface area contributed by atoms with Gasteiger partial charge in [0.15, 0.2) is 0 Å². The van der Waals surface area contributed by atoms with Crippen LogP contribution in [0.15, 0.2) is 16.7 Å². The number of hydrogen-bond donors (Lipinski definition) is 1. The number of nitrogens with one attached hydrogen (secondary N) is 1. The normalized spacial score (nSPS) is 16.0. The first-order chi connectivity index (χ1) is 10.2. The van der Waals surface area contributed by atoms with Crippen molar-refractivity contribution in [2.24, 2.45) is 0 Å². The van der Waals surface area contributed by atoms with Gasteiger partial charge in [0.05, 0.1) is 6.61 Å². The molecule has 0 bridgehead atoms. The van der Waals surface area contributed by atoms with Crippen LogP contribution in [-0.4, -0.2) is 37.3 Å². The number of nitrogens with zero attached hydrogens (tertiary/aromatic N) is 2. The molecule has 1 atom stereocenters. The molecule has 5 heteroatoms. The van der Waals surface area contributed by atoms with Crippen molar-refractivity contribution >= 4 is 21.7 Å². The summed E-state index contributed by atoms with van der Waals surface area (Å²) in [5.41, 5.74) is 1.26. The molecule has 118 valence electrons. The third-order valence-corrected chi connectivity index (χ3v) is 4.43. The van der Waals surface area contributed by atoms with Gasteiger partial charge in [0.1, 0.15) is 5.82 Å². The summed E-state index contributed by atoms with van der Waals surface area (Å²) in [7, 11) is 1.75. The summed E-state index contributed by atoms with van der Waals surface area (Å²) in [6.07, 6.45) is 5.58. The van der Waals surface area contributed by atoms with Crippen LogP contribution in [0.5, 0.6) is 0 Å². The molecule has 0 saturated heterocycles. The van der Waals surface area contributed by atoms with Crippen LogP contribution in [0.3, 0.4) is 0 Å². The second-order valence-electron chi connectivity index (χ2n) is 5.73. The predicted octanol–water partition coefficient (Wildman–Crippen LogP) is 3.35. The molecular formula is C16H26BrN3O. The highest BCUT2D eigenvalue weighted by atomic mass is 79.9. The molecule has 0 aliphatic heterocycles. The molecule has 1 aromatic rings. The maximum atomic E-state index is 5.27. The second kappa shape index (κ2) is 8.11. The van der Waals surface area contributed by atoms with E-state index in [2.05, 4.69) is 51.0 Å². The Labute approximate surface area is 136 Å². The zero-order valence-electron chi connectivity index (χ0n) is 13.2. The molecule has 0 aromatic carbocycles. The van der Waals surface area contributed by atoms with Gasteiger partial charge in [-0.2, -0.15) is 0 Å². The molecule has 1 N–H and O–H groups in total. The highest BCUT2D eigenvalue weighted by molar-refractivity contribution is 9.10. The standard InChI is InChI=1S/C16H26BrN3O/c1-4-12(2)20(7-8-21-3)16-13(9-14(17)11-19-16)10-18-15-5-6-15/h9,11-12,15,18H,4-8,10H2,1-3H3. The van der Waals surface area contributed by atoms with E-state index in [-0.39, 0.29) is 0 Å². The van der Waals surface area contributed by atoms with Gasteiger partial charge in [-0.25, -0.2) is 4.98 Å². The fourth-order valence-electron chi connectivity index (χ4n) is 2.35. The molecule has 4 nitrogen and oxygen atoms in total. The molecule has 2 rings (SSSR count). The monoisotopic (exact) mass is 355 g/mol. The fraction of sp³-hybridized carbons (Fsp3) is 0.688. The van der Waals surface area contributed by atoms with E-state index in [0.717, 1.165) is 36.4 Å². The van der Waals surface area contributed by atoms with E-state index < -0.39 is 0 Å². The van der Waals surface area contributed by atoms with Gasteiger partial charge >= 0.3 is 0 Å². The van der Waals surface area contributed by atoms with Crippen LogP contribution in [0.2, 0.25) is 0 Å². The Balaban J connectivity index is 2.19. The van der Waals surface area contributed by atoms with Gasteiger partial charge in [0.2, 0.25) is 0 Å². The van der Waals surface area contributed by atoms with Crippen molar-refractivity contribution in [3.8, 4) is 0 Å². The SMILES string of the molecule is CCC(C)N(CCOC)c1ncc(Br)cc1CNC1CC1. The van der Waals surface area contributed by atoms with Gasteiger partial charge in [0.25, 0.3) is 0 Å². The molecule has 21 heavy (non-hydrogen) atoms. The maximum absolute atomic E-state index is 5.27. The molecule has 1 aliphatic rings. The molecule has 1 fully saturated rings. The largest absolute Gasteiger partial charge is 0.383 e. The third-order valence-electron chi connectivity index (χ3n) is 4.00. The molecule has 1 unspecified atom stereocenters. The van der Waals surface area contributed by atoms with Crippen LogP contribution in [0.1, 0.15) is 38.7 Å². The lowest BCUT2D eigenvalue weighted by atomic mass is 10.1. The number of ether oxygens (including phenoxy) is 1. The third kappa shape index (κ3) is 4.94. The highest BCUT2D eigenvalue weighted by Gasteiger charge is 2.22. The number of methoxy groups -OCH3 is 1. The fourth-order valence-corrected chi connectivity index (χ4v) is 2.73. The highest BCUT2D eigenvalue weighted by Crippen LogP contribution is 2.26. The molecule has 1 aliphatic carbocycles. The van der Waals surface area contributed by atoms with Gasteiger partial charge in [-0.1, -0.05) is 6.92 Å². The Bertz CT molecular complexity index is 451. The summed E-state index contributed by atoms with van der Waals surface area (Å²) in [5, 5.41) is 3.59. The molecule has 1 heterocycles. The molecule has 1 aromatic heterocycles. The van der Waals surface area contributed by atoms with Crippen molar-refractivity contribution in [2.45, 2.75) is 51.7 Å². The zero-order valence-corrected chi connectivity index (χ0v) is 14.8. The lowest BCUT2D eigenvalue weighted by Crippen LogP contribution is -2.37. The van der Waals surface area contributed by atoms with E-state index in [4.69, 9.17) is 4.74 Å². The minimum Gasteiger partial charge on any atom is -0.383 e. The second-order valence-corrected chi connectivity index (χ2v) is 6.65. The Kier molecular flexibility index (Phi) is 6.45. The smallest absolute Gasteiger partial charge is 0.133 e. The first-order valence-electron chi connectivity index (χ1n) is 7.79. The average Bonchev–Trinajstić information content (AvgIpc) is 3.30. The first kappa shape index (κ1) is 16.7. The Morgan fingerprint density at radius 1 is 1.52 bits per heavy atom.